The van der Waals surface area contributed by atoms with Crippen molar-refractivity contribution in [3.63, 3.8) is 0 Å². The Labute approximate surface area is 343 Å². The molecule has 2 fully saturated rings. The molecule has 0 spiro atoms. The van der Waals surface area contributed by atoms with Crippen LogP contribution in [-0.4, -0.2) is 73.4 Å². The Kier molecular flexibility index (Phi) is 13.7. The van der Waals surface area contributed by atoms with Gasteiger partial charge in [0, 0.05) is 36.3 Å². The molecule has 0 aromatic carbocycles. The first-order valence-electron chi connectivity index (χ1n) is 19.2. The molecule has 0 atom stereocenters. The van der Waals surface area contributed by atoms with Gasteiger partial charge in [0.25, 0.3) is 0 Å². The zero-order valence-electron chi connectivity index (χ0n) is 34.1. The summed E-state index contributed by atoms with van der Waals surface area (Å²) in [5.41, 5.74) is -1.35. The van der Waals surface area contributed by atoms with Crippen LogP contribution >= 0.6 is 11.6 Å². The van der Waals surface area contributed by atoms with E-state index in [2.05, 4.69) is 36.9 Å². The Bertz CT molecular complexity index is 2050. The third-order valence-electron chi connectivity index (χ3n) is 9.72. The van der Waals surface area contributed by atoms with Crippen molar-refractivity contribution in [3.8, 4) is 0 Å². The third kappa shape index (κ3) is 10.8. The van der Waals surface area contributed by atoms with Crippen molar-refractivity contribution >= 4 is 41.2 Å². The molecular weight excluding hydrogens is 770 g/mol. The van der Waals surface area contributed by atoms with Crippen LogP contribution in [0.5, 0.6) is 0 Å². The molecule has 2 saturated carbocycles. The number of pyridine rings is 2. The van der Waals surface area contributed by atoms with Gasteiger partial charge in [0.15, 0.2) is 16.8 Å². The van der Waals surface area contributed by atoms with E-state index in [0.29, 0.717) is 53.9 Å². The molecular formula is C42H51ClF2N8O5. The fourth-order valence-electron chi connectivity index (χ4n) is 6.74. The van der Waals surface area contributed by atoms with Gasteiger partial charge in [-0.3, -0.25) is 19.8 Å². The minimum Gasteiger partial charge on any atom is -0.492 e. The number of carbonyl (C=O) groups is 2. The normalized spacial score (nSPS) is 15.3. The van der Waals surface area contributed by atoms with Gasteiger partial charge in [0.1, 0.15) is 34.3 Å². The lowest BCUT2D eigenvalue weighted by Gasteiger charge is -2.44. The Morgan fingerprint density at radius 1 is 0.724 bits per heavy atom. The van der Waals surface area contributed by atoms with E-state index in [9.17, 15) is 18.4 Å². The molecule has 0 radical (unpaired) electrons. The first-order valence-corrected chi connectivity index (χ1v) is 19.6. The molecule has 58 heavy (non-hydrogen) atoms. The predicted octanol–water partition coefficient (Wildman–Crippen LogP) is 9.41. The summed E-state index contributed by atoms with van der Waals surface area (Å²) in [5.74, 6) is 0.266. The van der Waals surface area contributed by atoms with Crippen molar-refractivity contribution in [2.45, 2.75) is 109 Å². The molecule has 6 rings (SSSR count). The number of ether oxygens (including phenoxy) is 3. The van der Waals surface area contributed by atoms with Crippen molar-refractivity contribution in [2.24, 2.45) is 0 Å². The molecule has 4 aromatic heterocycles. The van der Waals surface area contributed by atoms with Crippen LogP contribution in [0.4, 0.5) is 30.0 Å². The summed E-state index contributed by atoms with van der Waals surface area (Å²) in [6.45, 7) is 17.3. The maximum absolute atomic E-state index is 14.6. The monoisotopic (exact) mass is 820 g/mol. The van der Waals surface area contributed by atoms with Crippen molar-refractivity contribution < 1.29 is 32.6 Å². The second kappa shape index (κ2) is 18.1. The summed E-state index contributed by atoms with van der Waals surface area (Å²) < 4.78 is 45.6. The molecule has 0 unspecified atom stereocenters. The molecule has 2 aliphatic carbocycles. The van der Waals surface area contributed by atoms with Gasteiger partial charge < -0.3 is 14.2 Å². The molecule has 0 saturated heterocycles. The standard InChI is InChI=1S/C23H29FN4O3.C19H22ClFN4O2/c1-6-30-16(2)18-10-11-19(27-26-18)28(21(29)31-22(3,4)5)15-23(12-8-13-23)20-17(24)9-7-14-25-20;1-18(2,3)27-17(26)25(15-8-7-14(20)23-24-15)12-19(9-5-10-19)16-13(21)6-4-11-22-16/h7,9-11,14H,2,6,8,12-13,15H2,1,3-5H3;4,6-8,11H,5,9-10,12H2,1-3H3. The van der Waals surface area contributed by atoms with Crippen molar-refractivity contribution in [1.29, 1.82) is 0 Å². The van der Waals surface area contributed by atoms with Crippen LogP contribution in [0, 0.1) is 11.6 Å². The molecule has 310 valence electrons. The highest BCUT2D eigenvalue weighted by molar-refractivity contribution is 6.29. The number of rotatable bonds is 11. The summed E-state index contributed by atoms with van der Waals surface area (Å²) >= 11 is 5.82. The number of aromatic nitrogens is 6. The lowest BCUT2D eigenvalue weighted by atomic mass is 9.66. The summed E-state index contributed by atoms with van der Waals surface area (Å²) in [5, 5.41) is 16.4. The Morgan fingerprint density at radius 3 is 1.50 bits per heavy atom. The van der Waals surface area contributed by atoms with Gasteiger partial charge in [0.2, 0.25) is 0 Å². The van der Waals surface area contributed by atoms with Crippen molar-refractivity contribution in [3.05, 3.63) is 101 Å². The van der Waals surface area contributed by atoms with Gasteiger partial charge in [-0.25, -0.2) is 18.4 Å². The van der Waals surface area contributed by atoms with E-state index in [1.54, 1.807) is 90.3 Å². The minimum atomic E-state index is -0.699. The van der Waals surface area contributed by atoms with Crippen molar-refractivity contribution in [1.82, 2.24) is 30.4 Å². The second-order valence-corrected chi connectivity index (χ2v) is 16.8. The highest BCUT2D eigenvalue weighted by Gasteiger charge is 2.47. The zero-order chi connectivity index (χ0) is 42.3. The molecule has 13 nitrogen and oxygen atoms in total. The van der Waals surface area contributed by atoms with E-state index in [0.717, 1.165) is 25.7 Å². The maximum Gasteiger partial charge on any atom is 0.416 e. The largest absolute Gasteiger partial charge is 0.492 e. The van der Waals surface area contributed by atoms with Crippen LogP contribution in [0.25, 0.3) is 5.76 Å². The van der Waals surface area contributed by atoms with Gasteiger partial charge >= 0.3 is 12.2 Å². The number of anilines is 2. The first kappa shape index (κ1) is 43.8. The lowest BCUT2D eigenvalue weighted by Crippen LogP contribution is -2.50. The van der Waals surface area contributed by atoms with Crippen LogP contribution in [0.2, 0.25) is 5.15 Å². The molecule has 0 bridgehead atoms. The SMILES string of the molecule is C=C(OCC)c1ccc(N(CC2(c3ncccc3F)CCC2)C(=O)OC(C)(C)C)nn1.CC(C)(C)OC(=O)N(CC1(c2ncccc2F)CCC1)c1ccc(Cl)nn1. The number of carbonyl (C=O) groups excluding carboxylic acids is 2. The molecule has 0 aliphatic heterocycles. The van der Waals surface area contributed by atoms with Gasteiger partial charge in [-0.2, -0.15) is 0 Å². The van der Waals surface area contributed by atoms with Gasteiger partial charge in [-0.15, -0.1) is 20.4 Å². The van der Waals surface area contributed by atoms with Crippen LogP contribution in [-0.2, 0) is 25.0 Å². The van der Waals surface area contributed by atoms with Gasteiger partial charge in [-0.1, -0.05) is 31.0 Å². The quantitative estimate of drug-likeness (QED) is 0.133. The van der Waals surface area contributed by atoms with E-state index in [4.69, 9.17) is 25.8 Å². The molecule has 2 aliphatic rings. The minimum absolute atomic E-state index is 0.191. The predicted molar refractivity (Wildman–Crippen MR) is 216 cm³/mol. The summed E-state index contributed by atoms with van der Waals surface area (Å²) in [6.07, 6.45) is 6.74. The summed E-state index contributed by atoms with van der Waals surface area (Å²) in [7, 11) is 0. The molecule has 16 heteroatoms. The smallest absolute Gasteiger partial charge is 0.416 e. The Hall–Kier alpha value is -5.31. The zero-order valence-corrected chi connectivity index (χ0v) is 34.9. The molecule has 4 aromatic rings. The molecule has 2 amide bonds. The number of hydrogen-bond acceptors (Lipinski definition) is 11. The van der Waals surface area contributed by atoms with Crippen LogP contribution in [0.3, 0.4) is 0 Å². The fourth-order valence-corrected chi connectivity index (χ4v) is 6.84. The molecule has 4 heterocycles. The lowest BCUT2D eigenvalue weighted by molar-refractivity contribution is 0.0547. The summed E-state index contributed by atoms with van der Waals surface area (Å²) in [6, 6.07) is 12.4. The topological polar surface area (TPSA) is 146 Å². The third-order valence-corrected chi connectivity index (χ3v) is 9.92. The second-order valence-electron chi connectivity index (χ2n) is 16.4. The van der Waals surface area contributed by atoms with Crippen LogP contribution in [0.1, 0.15) is 104 Å². The van der Waals surface area contributed by atoms with E-state index in [-0.39, 0.29) is 29.9 Å². The van der Waals surface area contributed by atoms with Crippen LogP contribution < -0.4 is 9.80 Å². The number of hydrogen-bond donors (Lipinski definition) is 0. The average Bonchev–Trinajstić information content (AvgIpc) is 3.12. The van der Waals surface area contributed by atoms with E-state index in [1.165, 1.54) is 21.9 Å². The Morgan fingerprint density at radius 2 is 1.17 bits per heavy atom. The first-order chi connectivity index (χ1) is 27.4. The summed E-state index contributed by atoms with van der Waals surface area (Å²) in [4.78, 5) is 37.3. The number of nitrogens with zero attached hydrogens (tertiary/aromatic N) is 8. The fraction of sp³-hybridized carbons (Fsp3) is 0.476. The van der Waals surface area contributed by atoms with Gasteiger partial charge in [-0.05, 0) is 123 Å². The van der Waals surface area contributed by atoms with Gasteiger partial charge in [0.05, 0.1) is 18.0 Å². The highest BCUT2D eigenvalue weighted by atomic mass is 35.5. The number of halogens is 3. The van der Waals surface area contributed by atoms with E-state index in [1.807, 2.05) is 6.92 Å². The van der Waals surface area contributed by atoms with E-state index < -0.39 is 34.2 Å². The maximum atomic E-state index is 14.6. The highest BCUT2D eigenvalue weighted by Crippen LogP contribution is 2.46. The Balaban J connectivity index is 0.000000223. The van der Waals surface area contributed by atoms with E-state index >= 15 is 0 Å². The van der Waals surface area contributed by atoms with Crippen molar-refractivity contribution in [2.75, 3.05) is 29.5 Å². The molecule has 0 N–H and O–H groups in total. The van der Waals surface area contributed by atoms with Crippen LogP contribution in [0.15, 0.2) is 67.5 Å². The average molecular weight is 821 g/mol. The number of amides is 2.